The predicted molar refractivity (Wildman–Crippen MR) is 98.3 cm³/mol. The molecule has 22 heavy (non-hydrogen) atoms. The molecule has 0 unspecified atom stereocenters. The van der Waals surface area contributed by atoms with Gasteiger partial charge in [-0.2, -0.15) is 0 Å². The first-order valence-corrected chi connectivity index (χ1v) is 7.30. The van der Waals surface area contributed by atoms with Gasteiger partial charge in [0.2, 0.25) is 0 Å². The highest BCUT2D eigenvalue weighted by atomic mass is 127. The highest BCUT2D eigenvalue weighted by Gasteiger charge is 2.21. The number of hydrogen-bond acceptors (Lipinski definition) is 3. The molecule has 0 bridgehead atoms. The second-order valence-electron chi connectivity index (χ2n) is 5.30. The van der Waals surface area contributed by atoms with Crippen molar-refractivity contribution in [2.45, 2.75) is 19.4 Å². The van der Waals surface area contributed by atoms with E-state index in [0.717, 1.165) is 35.4 Å². The highest BCUT2D eigenvalue weighted by Crippen LogP contribution is 2.27. The minimum atomic E-state index is 0. The number of nitrogens with zero attached hydrogens (tertiary/aromatic N) is 2. The van der Waals surface area contributed by atoms with E-state index < -0.39 is 0 Å². The molecule has 5 nitrogen and oxygen atoms in total. The average molecular weight is 412 g/mol. The molecule has 0 atom stereocenters. The Morgan fingerprint density at radius 2 is 2.05 bits per heavy atom. The summed E-state index contributed by atoms with van der Waals surface area (Å²) < 4.78 is 5.37. The average Bonchev–Trinajstić information content (AvgIpc) is 3.24. The molecule has 0 radical (unpaired) electrons. The maximum Gasteiger partial charge on any atom is 0.191 e. The summed E-state index contributed by atoms with van der Waals surface area (Å²) in [6.07, 6.45) is 2.65. The van der Waals surface area contributed by atoms with Crippen molar-refractivity contribution in [3.05, 3.63) is 42.1 Å². The Labute approximate surface area is 147 Å². The van der Waals surface area contributed by atoms with Gasteiger partial charge in [0.15, 0.2) is 11.7 Å². The third-order valence-electron chi connectivity index (χ3n) is 3.53. The number of nitrogens with one attached hydrogen (secondary N) is 2. The highest BCUT2D eigenvalue weighted by molar-refractivity contribution is 14.0. The summed E-state index contributed by atoms with van der Waals surface area (Å²) in [5.74, 6) is 2.42. The topological polar surface area (TPSA) is 62.5 Å². The van der Waals surface area contributed by atoms with E-state index in [9.17, 15) is 0 Å². The molecule has 2 N–H and O–H groups in total. The van der Waals surface area contributed by atoms with Gasteiger partial charge in [0.1, 0.15) is 5.69 Å². The molecular formula is C16H21IN4O. The van der Waals surface area contributed by atoms with E-state index in [1.807, 2.05) is 36.4 Å². The van der Waals surface area contributed by atoms with Crippen LogP contribution in [0.2, 0.25) is 0 Å². The lowest BCUT2D eigenvalue weighted by atomic mass is 10.2. The SMILES string of the molecule is CN=C(NCc1cc(-c2ccccc2)on1)NCC1CC1.I. The maximum atomic E-state index is 5.37. The molecule has 0 amide bonds. The summed E-state index contributed by atoms with van der Waals surface area (Å²) >= 11 is 0. The Hall–Kier alpha value is -1.57. The van der Waals surface area contributed by atoms with Crippen LogP contribution in [-0.4, -0.2) is 24.7 Å². The molecule has 0 aliphatic heterocycles. The predicted octanol–water partition coefficient (Wildman–Crippen LogP) is 3.03. The van der Waals surface area contributed by atoms with Crippen LogP contribution in [0.15, 0.2) is 45.9 Å². The van der Waals surface area contributed by atoms with Gasteiger partial charge >= 0.3 is 0 Å². The van der Waals surface area contributed by atoms with Gasteiger partial charge in [-0.1, -0.05) is 35.5 Å². The largest absolute Gasteiger partial charge is 0.356 e. The number of aromatic nitrogens is 1. The lowest BCUT2D eigenvalue weighted by Gasteiger charge is -2.09. The number of halogens is 1. The summed E-state index contributed by atoms with van der Waals surface area (Å²) in [7, 11) is 1.78. The number of rotatable bonds is 5. The van der Waals surface area contributed by atoms with Crippen LogP contribution in [-0.2, 0) is 6.54 Å². The van der Waals surface area contributed by atoms with Crippen molar-refractivity contribution in [3.63, 3.8) is 0 Å². The van der Waals surface area contributed by atoms with Gasteiger partial charge in [0, 0.05) is 25.2 Å². The van der Waals surface area contributed by atoms with Crippen LogP contribution in [0.3, 0.4) is 0 Å². The molecule has 6 heteroatoms. The summed E-state index contributed by atoms with van der Waals surface area (Å²) in [5.41, 5.74) is 1.90. The van der Waals surface area contributed by atoms with Crippen LogP contribution in [0.1, 0.15) is 18.5 Å². The first kappa shape index (κ1) is 16.8. The molecule has 0 saturated heterocycles. The zero-order valence-corrected chi connectivity index (χ0v) is 14.9. The third kappa shape index (κ3) is 4.72. The lowest BCUT2D eigenvalue weighted by Crippen LogP contribution is -2.37. The number of aliphatic imine (C=N–C) groups is 1. The molecule has 1 aliphatic carbocycles. The van der Waals surface area contributed by atoms with Gasteiger partial charge in [-0.3, -0.25) is 4.99 Å². The molecular weight excluding hydrogens is 391 g/mol. The van der Waals surface area contributed by atoms with Crippen LogP contribution in [0.25, 0.3) is 11.3 Å². The maximum absolute atomic E-state index is 5.37. The molecule has 1 fully saturated rings. The van der Waals surface area contributed by atoms with E-state index in [-0.39, 0.29) is 24.0 Å². The molecule has 1 saturated carbocycles. The number of benzene rings is 1. The van der Waals surface area contributed by atoms with Crippen LogP contribution in [0.4, 0.5) is 0 Å². The van der Waals surface area contributed by atoms with Gasteiger partial charge in [-0.05, 0) is 18.8 Å². The van der Waals surface area contributed by atoms with Crippen LogP contribution in [0, 0.1) is 5.92 Å². The normalized spacial score (nSPS) is 14.3. The first-order chi connectivity index (χ1) is 10.3. The van der Waals surface area contributed by atoms with E-state index in [4.69, 9.17) is 4.52 Å². The van der Waals surface area contributed by atoms with E-state index >= 15 is 0 Å². The van der Waals surface area contributed by atoms with Gasteiger partial charge in [-0.25, -0.2) is 0 Å². The molecule has 1 aromatic heterocycles. The Morgan fingerprint density at radius 3 is 2.73 bits per heavy atom. The van der Waals surface area contributed by atoms with Gasteiger partial charge in [0.25, 0.3) is 0 Å². The van der Waals surface area contributed by atoms with E-state index in [1.165, 1.54) is 12.8 Å². The second-order valence-corrected chi connectivity index (χ2v) is 5.30. The molecule has 0 spiro atoms. The third-order valence-corrected chi connectivity index (χ3v) is 3.53. The first-order valence-electron chi connectivity index (χ1n) is 7.30. The molecule has 3 rings (SSSR count). The Morgan fingerprint density at radius 1 is 1.27 bits per heavy atom. The zero-order valence-electron chi connectivity index (χ0n) is 12.6. The molecule has 1 heterocycles. The van der Waals surface area contributed by atoms with Gasteiger partial charge in [0.05, 0.1) is 6.54 Å². The van der Waals surface area contributed by atoms with Crippen molar-refractivity contribution in [1.82, 2.24) is 15.8 Å². The second kappa shape index (κ2) is 8.17. The van der Waals surface area contributed by atoms with Crippen LogP contribution >= 0.6 is 24.0 Å². The summed E-state index contributed by atoms with van der Waals surface area (Å²) in [6, 6.07) is 11.9. The molecule has 118 valence electrons. The van der Waals surface area contributed by atoms with E-state index in [0.29, 0.717) is 6.54 Å². The summed E-state index contributed by atoms with van der Waals surface area (Å²) in [6.45, 7) is 1.59. The monoisotopic (exact) mass is 412 g/mol. The van der Waals surface area contributed by atoms with Gasteiger partial charge in [-0.15, -0.1) is 24.0 Å². The van der Waals surface area contributed by atoms with Crippen molar-refractivity contribution >= 4 is 29.9 Å². The Balaban J connectivity index is 0.00000176. The molecule has 1 aliphatic rings. The van der Waals surface area contributed by atoms with Crippen molar-refractivity contribution in [1.29, 1.82) is 0 Å². The quantitative estimate of drug-likeness (QED) is 0.450. The number of guanidine groups is 1. The summed E-state index contributed by atoms with van der Waals surface area (Å²) in [5, 5.41) is 10.7. The lowest BCUT2D eigenvalue weighted by molar-refractivity contribution is 0.422. The van der Waals surface area contributed by atoms with E-state index in [2.05, 4.69) is 20.8 Å². The molecule has 1 aromatic carbocycles. The van der Waals surface area contributed by atoms with Crippen molar-refractivity contribution in [2.24, 2.45) is 10.9 Å². The Bertz CT molecular complexity index is 608. The molecule has 2 aromatic rings. The fraction of sp³-hybridized carbons (Fsp3) is 0.375. The fourth-order valence-corrected chi connectivity index (χ4v) is 2.09. The van der Waals surface area contributed by atoms with Crippen molar-refractivity contribution < 1.29 is 4.52 Å². The van der Waals surface area contributed by atoms with E-state index in [1.54, 1.807) is 7.05 Å². The standard InChI is InChI=1S/C16H20N4O.HI/c1-17-16(18-10-12-7-8-12)19-11-14-9-15(21-20-14)13-5-3-2-4-6-13;/h2-6,9,12H,7-8,10-11H2,1H3,(H2,17,18,19);1H. The minimum absolute atomic E-state index is 0. The van der Waals surface area contributed by atoms with Gasteiger partial charge < -0.3 is 15.2 Å². The zero-order chi connectivity index (χ0) is 14.5. The van der Waals surface area contributed by atoms with Crippen molar-refractivity contribution in [3.8, 4) is 11.3 Å². The Kier molecular flexibility index (Phi) is 6.23. The summed E-state index contributed by atoms with van der Waals surface area (Å²) in [4.78, 5) is 4.20. The fourth-order valence-electron chi connectivity index (χ4n) is 2.09. The minimum Gasteiger partial charge on any atom is -0.356 e. The van der Waals surface area contributed by atoms with Crippen LogP contribution in [0.5, 0.6) is 0 Å². The van der Waals surface area contributed by atoms with Crippen LogP contribution < -0.4 is 10.6 Å². The van der Waals surface area contributed by atoms with Crippen molar-refractivity contribution in [2.75, 3.05) is 13.6 Å². The smallest absolute Gasteiger partial charge is 0.191 e. The number of hydrogen-bond donors (Lipinski definition) is 2.